The number of ether oxygens (including phenoxy) is 2. The van der Waals surface area contributed by atoms with Crippen LogP contribution in [0.4, 0.5) is 26.3 Å². The molecule has 10 nitrogen and oxygen atoms in total. The summed E-state index contributed by atoms with van der Waals surface area (Å²) < 4.78 is 116. The van der Waals surface area contributed by atoms with E-state index in [2.05, 4.69) is 9.47 Å². The van der Waals surface area contributed by atoms with E-state index in [0.29, 0.717) is 0 Å². The summed E-state index contributed by atoms with van der Waals surface area (Å²) >= 11 is 0. The predicted octanol–water partition coefficient (Wildman–Crippen LogP) is 0.999. The van der Waals surface area contributed by atoms with Crippen LogP contribution in [-0.4, -0.2) is 78.5 Å². The zero-order valence-corrected chi connectivity index (χ0v) is 17.0. The summed E-state index contributed by atoms with van der Waals surface area (Å²) in [6.07, 6.45) is -15.5. The van der Waals surface area contributed by atoms with Gasteiger partial charge in [-0.15, -0.1) is 0 Å². The van der Waals surface area contributed by atoms with Gasteiger partial charge < -0.3 is 9.47 Å². The van der Waals surface area contributed by atoms with Crippen LogP contribution in [0, 0.1) is 5.92 Å². The molecule has 0 aliphatic carbocycles. The molecular formula is C15H17F6NO9S. The Morgan fingerprint density at radius 2 is 1.56 bits per heavy atom. The molecular weight excluding hydrogens is 484 g/mol. The lowest BCUT2D eigenvalue weighted by molar-refractivity contribution is -0.361. The Kier molecular flexibility index (Phi) is 8.28. The molecule has 0 spiro atoms. The van der Waals surface area contributed by atoms with Crippen molar-refractivity contribution in [2.75, 3.05) is 18.9 Å². The van der Waals surface area contributed by atoms with Crippen molar-refractivity contribution in [2.24, 2.45) is 5.92 Å². The molecule has 32 heavy (non-hydrogen) atoms. The molecule has 2 amide bonds. The maximum Gasteiger partial charge on any atom is 0.438 e. The second-order valence-corrected chi connectivity index (χ2v) is 8.25. The lowest BCUT2D eigenvalue weighted by Crippen LogP contribution is -2.63. The molecule has 0 aromatic heterocycles. The molecule has 1 rings (SSSR count). The Balaban J connectivity index is 2.74. The average molecular weight is 501 g/mol. The van der Waals surface area contributed by atoms with E-state index >= 15 is 0 Å². The number of imide groups is 1. The highest BCUT2D eigenvalue weighted by molar-refractivity contribution is 7.85. The van der Waals surface area contributed by atoms with Gasteiger partial charge in [-0.1, -0.05) is 0 Å². The standard InChI is InChI=1S/C15H17F6NO9S/c1-8(23)22-5-9(4-10(22)24)6-30-11(25)2-3-12(26)31-13(14(16,17)18,15(19,20)21)7-32(27,28)29/h9H,2-7H2,1H3,(H,27,28,29). The largest absolute Gasteiger partial charge is 0.465 e. The van der Waals surface area contributed by atoms with Gasteiger partial charge in [0, 0.05) is 25.8 Å². The summed E-state index contributed by atoms with van der Waals surface area (Å²) in [4.78, 5) is 46.8. The third-order valence-corrected chi connectivity index (χ3v) is 4.96. The number of hydrogen-bond donors (Lipinski definition) is 1. The first-order chi connectivity index (χ1) is 14.3. The molecule has 1 unspecified atom stereocenters. The fraction of sp³-hybridized carbons (Fsp3) is 0.733. The molecule has 184 valence electrons. The van der Waals surface area contributed by atoms with Crippen molar-refractivity contribution >= 4 is 33.9 Å². The highest BCUT2D eigenvalue weighted by Gasteiger charge is 2.75. The normalized spacial score (nSPS) is 17.9. The number of carbonyl (C=O) groups is 4. The molecule has 17 heteroatoms. The van der Waals surface area contributed by atoms with Gasteiger partial charge in [0.15, 0.2) is 0 Å². The Hall–Kier alpha value is -2.43. The molecule has 1 N–H and O–H groups in total. The smallest absolute Gasteiger partial charge is 0.438 e. The predicted molar refractivity (Wildman–Crippen MR) is 88.0 cm³/mol. The molecule has 1 aliphatic rings. The van der Waals surface area contributed by atoms with Crippen molar-refractivity contribution in [3.63, 3.8) is 0 Å². The molecule has 1 saturated heterocycles. The van der Waals surface area contributed by atoms with Crippen LogP contribution in [0.25, 0.3) is 0 Å². The minimum absolute atomic E-state index is 0.0706. The van der Waals surface area contributed by atoms with Crippen LogP contribution in [0.15, 0.2) is 0 Å². The molecule has 0 radical (unpaired) electrons. The minimum Gasteiger partial charge on any atom is -0.465 e. The van der Waals surface area contributed by atoms with Crippen molar-refractivity contribution in [1.82, 2.24) is 4.90 Å². The fourth-order valence-electron chi connectivity index (χ4n) is 2.66. The van der Waals surface area contributed by atoms with Crippen LogP contribution in [0.2, 0.25) is 0 Å². The van der Waals surface area contributed by atoms with Crippen molar-refractivity contribution in [3.05, 3.63) is 0 Å². The number of carbonyl (C=O) groups excluding carboxylic acids is 4. The second kappa shape index (κ2) is 9.60. The van der Waals surface area contributed by atoms with Gasteiger partial charge in [0.05, 0.1) is 19.4 Å². The Morgan fingerprint density at radius 1 is 1.06 bits per heavy atom. The minimum atomic E-state index is -6.48. The molecule has 0 saturated carbocycles. The van der Waals surface area contributed by atoms with Gasteiger partial charge in [-0.05, 0) is 0 Å². The Morgan fingerprint density at radius 3 is 1.97 bits per heavy atom. The monoisotopic (exact) mass is 501 g/mol. The maximum atomic E-state index is 13.1. The summed E-state index contributed by atoms with van der Waals surface area (Å²) in [5, 5.41) is 0. The third kappa shape index (κ3) is 7.04. The van der Waals surface area contributed by atoms with E-state index in [-0.39, 0.29) is 13.0 Å². The third-order valence-electron chi connectivity index (χ3n) is 4.19. The summed E-state index contributed by atoms with van der Waals surface area (Å²) in [7, 11) is -5.92. The van der Waals surface area contributed by atoms with E-state index in [0.717, 1.165) is 11.8 Å². The van der Waals surface area contributed by atoms with E-state index in [1.165, 1.54) is 0 Å². The van der Waals surface area contributed by atoms with Crippen molar-refractivity contribution in [1.29, 1.82) is 0 Å². The number of hydrogen-bond acceptors (Lipinski definition) is 8. The quantitative estimate of drug-likeness (QED) is 0.293. The maximum absolute atomic E-state index is 13.1. The highest BCUT2D eigenvalue weighted by atomic mass is 32.2. The number of halogens is 6. The first-order valence-electron chi connectivity index (χ1n) is 8.56. The van der Waals surface area contributed by atoms with Crippen LogP contribution < -0.4 is 0 Å². The van der Waals surface area contributed by atoms with Gasteiger partial charge in [0.1, 0.15) is 5.75 Å². The first-order valence-corrected chi connectivity index (χ1v) is 10.2. The molecule has 1 heterocycles. The summed E-state index contributed by atoms with van der Waals surface area (Å²) in [5.41, 5.74) is -5.56. The van der Waals surface area contributed by atoms with Crippen molar-refractivity contribution in [3.8, 4) is 0 Å². The number of amides is 2. The number of likely N-dealkylation sites (tertiary alicyclic amines) is 1. The van der Waals surface area contributed by atoms with Gasteiger partial charge >= 0.3 is 29.9 Å². The number of nitrogens with zero attached hydrogens (tertiary/aromatic N) is 1. The number of rotatable bonds is 8. The van der Waals surface area contributed by atoms with E-state index in [4.69, 9.17) is 4.55 Å². The lowest BCUT2D eigenvalue weighted by atomic mass is 10.1. The van der Waals surface area contributed by atoms with Crippen LogP contribution in [0.1, 0.15) is 26.2 Å². The topological polar surface area (TPSA) is 144 Å². The van der Waals surface area contributed by atoms with Crippen LogP contribution in [0.5, 0.6) is 0 Å². The molecule has 0 aromatic rings. The lowest BCUT2D eigenvalue weighted by Gasteiger charge is -2.35. The molecule has 1 aliphatic heterocycles. The van der Waals surface area contributed by atoms with Crippen molar-refractivity contribution in [2.45, 2.75) is 44.1 Å². The summed E-state index contributed by atoms with van der Waals surface area (Å²) in [6.45, 7) is 0.641. The van der Waals surface area contributed by atoms with Gasteiger partial charge in [0.2, 0.25) is 11.8 Å². The van der Waals surface area contributed by atoms with Crippen LogP contribution in [-0.2, 0) is 38.8 Å². The fourth-order valence-corrected chi connectivity index (χ4v) is 3.56. The first kappa shape index (κ1) is 27.6. The van der Waals surface area contributed by atoms with E-state index in [1.54, 1.807) is 0 Å². The molecule has 0 bridgehead atoms. The number of esters is 2. The molecule has 1 atom stereocenters. The number of alkyl halides is 6. The van der Waals surface area contributed by atoms with Gasteiger partial charge in [0.25, 0.3) is 10.1 Å². The van der Waals surface area contributed by atoms with Crippen molar-refractivity contribution < 1.29 is 68.0 Å². The SMILES string of the molecule is CC(=O)N1CC(COC(=O)CCC(=O)OC(CS(=O)(=O)O)(C(F)(F)F)C(F)(F)F)CC1=O. The van der Waals surface area contributed by atoms with E-state index in [1.807, 2.05) is 0 Å². The van der Waals surface area contributed by atoms with Crippen LogP contribution in [0.3, 0.4) is 0 Å². The second-order valence-electron chi connectivity index (χ2n) is 6.80. The average Bonchev–Trinajstić information content (AvgIpc) is 2.95. The van der Waals surface area contributed by atoms with E-state index < -0.39 is 82.9 Å². The summed E-state index contributed by atoms with van der Waals surface area (Å²) in [6, 6.07) is 0. The Bertz CT molecular complexity index is 854. The van der Waals surface area contributed by atoms with Gasteiger partial charge in [-0.2, -0.15) is 34.8 Å². The summed E-state index contributed by atoms with van der Waals surface area (Å²) in [5.74, 6) is -8.19. The van der Waals surface area contributed by atoms with Crippen LogP contribution >= 0.6 is 0 Å². The zero-order valence-electron chi connectivity index (χ0n) is 16.2. The zero-order chi connectivity index (χ0) is 25.1. The Labute approximate surface area is 176 Å². The van der Waals surface area contributed by atoms with Gasteiger partial charge in [-0.25, -0.2) is 0 Å². The van der Waals surface area contributed by atoms with E-state index in [9.17, 15) is 53.9 Å². The van der Waals surface area contributed by atoms with Gasteiger partial charge in [-0.3, -0.25) is 28.6 Å². The highest BCUT2D eigenvalue weighted by Crippen LogP contribution is 2.47. The molecule has 1 fully saturated rings. The molecule has 0 aromatic carbocycles.